The van der Waals surface area contributed by atoms with Crippen LogP contribution in [0.2, 0.25) is 0 Å². The van der Waals surface area contributed by atoms with E-state index in [4.69, 9.17) is 14.6 Å². The highest BCUT2D eigenvalue weighted by atomic mass is 32.1. The van der Waals surface area contributed by atoms with E-state index < -0.39 is 5.97 Å². The highest BCUT2D eigenvalue weighted by Crippen LogP contribution is 2.32. The Kier molecular flexibility index (Phi) is 6.74. The monoisotopic (exact) mass is 466 g/mol. The third-order valence-corrected chi connectivity index (χ3v) is 6.46. The minimum Gasteiger partial charge on any atom is -0.493 e. The van der Waals surface area contributed by atoms with Crippen molar-refractivity contribution in [2.45, 2.75) is 13.0 Å². The van der Waals surface area contributed by atoms with Crippen molar-refractivity contribution < 1.29 is 23.8 Å². The summed E-state index contributed by atoms with van der Waals surface area (Å²) in [5, 5.41) is 9.87. The van der Waals surface area contributed by atoms with Crippen LogP contribution in [0, 0.1) is 5.82 Å². The molecule has 0 bridgehead atoms. The average Bonchev–Trinajstić information content (AvgIpc) is 3.27. The molecule has 4 aromatic rings. The summed E-state index contributed by atoms with van der Waals surface area (Å²) in [6.07, 6.45) is 0.700. The fourth-order valence-electron chi connectivity index (χ4n) is 3.55. The van der Waals surface area contributed by atoms with E-state index in [1.807, 2.05) is 18.2 Å². The number of ether oxygens (including phenoxy) is 2. The minimum atomic E-state index is -0.964. The second kappa shape index (κ2) is 9.87. The molecule has 3 aromatic carbocycles. The third-order valence-electron chi connectivity index (χ3n) is 5.32. The lowest BCUT2D eigenvalue weighted by Crippen LogP contribution is -2.25. The molecule has 0 saturated carbocycles. The van der Waals surface area contributed by atoms with Gasteiger partial charge in [0.25, 0.3) is 0 Å². The predicted molar refractivity (Wildman–Crippen MR) is 127 cm³/mol. The Hall–Kier alpha value is -3.65. The summed E-state index contributed by atoms with van der Waals surface area (Å²) in [5.41, 5.74) is 2.85. The summed E-state index contributed by atoms with van der Waals surface area (Å²) in [6.45, 7) is 1.13. The van der Waals surface area contributed by atoms with Gasteiger partial charge in [-0.3, -0.25) is 0 Å². The Bertz CT molecular complexity index is 1270. The van der Waals surface area contributed by atoms with E-state index in [1.54, 1.807) is 50.6 Å². The largest absolute Gasteiger partial charge is 0.493 e. The van der Waals surface area contributed by atoms with Crippen LogP contribution in [0.3, 0.4) is 0 Å². The topological polar surface area (TPSA) is 71.9 Å². The van der Waals surface area contributed by atoms with Crippen LogP contribution < -0.4 is 14.4 Å². The zero-order chi connectivity index (χ0) is 23.4. The lowest BCUT2D eigenvalue weighted by Gasteiger charge is -2.22. The first-order chi connectivity index (χ1) is 16.0. The smallest absolute Gasteiger partial charge is 0.335 e. The first kappa shape index (κ1) is 22.5. The number of rotatable bonds is 9. The molecule has 4 rings (SSSR count). The standard InChI is InChI=1S/C25H23FN2O4S/c1-31-21-11-8-16(14-22(21)32-2)12-13-28(15-17-6-9-18(10-7-17)24(29)30)25-27-20-5-3-4-19(26)23(20)33-25/h3-11,14H,12-13,15H2,1-2H3,(H,29,30). The number of aromatic carboxylic acids is 1. The van der Waals surface area contributed by atoms with E-state index in [1.165, 1.54) is 17.4 Å². The van der Waals surface area contributed by atoms with Gasteiger partial charge in [0, 0.05) is 13.1 Å². The van der Waals surface area contributed by atoms with Crippen molar-refractivity contribution in [3.63, 3.8) is 0 Å². The highest BCUT2D eigenvalue weighted by Gasteiger charge is 2.16. The second-order valence-corrected chi connectivity index (χ2v) is 8.43. The molecule has 0 unspecified atom stereocenters. The van der Waals surface area contributed by atoms with Gasteiger partial charge in [-0.2, -0.15) is 0 Å². The lowest BCUT2D eigenvalue weighted by atomic mass is 10.1. The number of fused-ring (bicyclic) bond motifs is 1. The van der Waals surface area contributed by atoms with Crippen molar-refractivity contribution in [1.29, 1.82) is 0 Å². The third kappa shape index (κ3) is 5.06. The molecular weight excluding hydrogens is 443 g/mol. The number of carbonyl (C=O) groups is 1. The van der Waals surface area contributed by atoms with Crippen LogP contribution in [0.1, 0.15) is 21.5 Å². The molecule has 0 aliphatic carbocycles. The zero-order valence-corrected chi connectivity index (χ0v) is 19.1. The molecule has 1 heterocycles. The number of aromatic nitrogens is 1. The van der Waals surface area contributed by atoms with Gasteiger partial charge in [-0.1, -0.05) is 35.6 Å². The van der Waals surface area contributed by atoms with Gasteiger partial charge in [-0.05, 0) is 53.9 Å². The van der Waals surface area contributed by atoms with Gasteiger partial charge < -0.3 is 19.5 Å². The number of carboxylic acid groups (broad SMARTS) is 1. The van der Waals surface area contributed by atoms with Crippen LogP contribution in [-0.4, -0.2) is 36.8 Å². The highest BCUT2D eigenvalue weighted by molar-refractivity contribution is 7.22. The predicted octanol–water partition coefficient (Wildman–Crippen LogP) is 5.40. The Labute approximate surface area is 194 Å². The fraction of sp³-hybridized carbons (Fsp3) is 0.200. The summed E-state index contributed by atoms with van der Waals surface area (Å²) < 4.78 is 25.5. The number of hydrogen-bond donors (Lipinski definition) is 1. The Morgan fingerprint density at radius 3 is 2.42 bits per heavy atom. The molecule has 8 heteroatoms. The maximum atomic E-state index is 14.3. The summed E-state index contributed by atoms with van der Waals surface area (Å²) in [4.78, 5) is 17.9. The van der Waals surface area contributed by atoms with Gasteiger partial charge >= 0.3 is 5.97 Å². The van der Waals surface area contributed by atoms with Crippen LogP contribution in [0.4, 0.5) is 9.52 Å². The van der Waals surface area contributed by atoms with Gasteiger partial charge in [0.05, 0.1) is 30.0 Å². The van der Waals surface area contributed by atoms with E-state index >= 15 is 0 Å². The van der Waals surface area contributed by atoms with Gasteiger partial charge in [-0.25, -0.2) is 14.2 Å². The number of carboxylic acids is 1. The lowest BCUT2D eigenvalue weighted by molar-refractivity contribution is 0.0697. The molecule has 0 spiro atoms. The molecule has 1 aromatic heterocycles. The Balaban J connectivity index is 1.61. The molecule has 6 nitrogen and oxygen atoms in total. The Morgan fingerprint density at radius 2 is 1.76 bits per heavy atom. The number of hydrogen-bond acceptors (Lipinski definition) is 6. The normalized spacial score (nSPS) is 10.9. The van der Waals surface area contributed by atoms with Crippen LogP contribution in [0.25, 0.3) is 10.2 Å². The molecule has 1 N–H and O–H groups in total. The van der Waals surface area contributed by atoms with Gasteiger partial charge in [0.2, 0.25) is 0 Å². The number of halogens is 1. The number of nitrogens with zero attached hydrogens (tertiary/aromatic N) is 2. The molecule has 0 aliphatic rings. The molecule has 33 heavy (non-hydrogen) atoms. The van der Waals surface area contributed by atoms with Crippen molar-refractivity contribution in [3.8, 4) is 11.5 Å². The van der Waals surface area contributed by atoms with Gasteiger partial charge in [-0.15, -0.1) is 0 Å². The molecule has 170 valence electrons. The molecule has 0 atom stereocenters. The molecule has 0 saturated heterocycles. The van der Waals surface area contributed by atoms with Gasteiger partial charge in [0.15, 0.2) is 16.6 Å². The molecule has 0 amide bonds. The second-order valence-electron chi connectivity index (χ2n) is 7.45. The van der Waals surface area contributed by atoms with E-state index in [2.05, 4.69) is 9.88 Å². The van der Waals surface area contributed by atoms with Crippen LogP contribution >= 0.6 is 11.3 Å². The quantitative estimate of drug-likeness (QED) is 0.356. The van der Waals surface area contributed by atoms with Crippen molar-refractivity contribution in [2.75, 3.05) is 25.7 Å². The van der Waals surface area contributed by atoms with Crippen molar-refractivity contribution in [1.82, 2.24) is 4.98 Å². The maximum Gasteiger partial charge on any atom is 0.335 e. The SMILES string of the molecule is COc1ccc(CCN(Cc2ccc(C(=O)O)cc2)c2nc3cccc(F)c3s2)cc1OC. The average molecular weight is 467 g/mol. The van der Waals surface area contributed by atoms with Crippen LogP contribution in [-0.2, 0) is 13.0 Å². The Morgan fingerprint density at radius 1 is 1.03 bits per heavy atom. The van der Waals surface area contributed by atoms with E-state index in [0.717, 1.165) is 11.1 Å². The van der Waals surface area contributed by atoms with E-state index in [9.17, 15) is 9.18 Å². The molecule has 0 fully saturated rings. The zero-order valence-electron chi connectivity index (χ0n) is 18.2. The summed E-state index contributed by atoms with van der Waals surface area (Å²) >= 11 is 1.31. The number of thiazole rings is 1. The molecule has 0 aliphatic heterocycles. The number of methoxy groups -OCH3 is 2. The fourth-order valence-corrected chi connectivity index (χ4v) is 4.55. The first-order valence-electron chi connectivity index (χ1n) is 10.3. The maximum absolute atomic E-state index is 14.3. The van der Waals surface area contributed by atoms with Crippen molar-refractivity contribution in [2.24, 2.45) is 0 Å². The van der Waals surface area contributed by atoms with Crippen molar-refractivity contribution in [3.05, 3.63) is 83.2 Å². The number of benzene rings is 3. The van der Waals surface area contributed by atoms with Crippen LogP contribution in [0.15, 0.2) is 60.7 Å². The minimum absolute atomic E-state index is 0.234. The number of anilines is 1. The first-order valence-corrected chi connectivity index (χ1v) is 11.1. The van der Waals surface area contributed by atoms with E-state index in [-0.39, 0.29) is 11.4 Å². The van der Waals surface area contributed by atoms with Crippen LogP contribution in [0.5, 0.6) is 11.5 Å². The van der Waals surface area contributed by atoms with Crippen molar-refractivity contribution >= 4 is 32.7 Å². The summed E-state index contributed by atoms with van der Waals surface area (Å²) in [5.74, 6) is 0.0709. The molecule has 0 radical (unpaired) electrons. The summed E-state index contributed by atoms with van der Waals surface area (Å²) in [7, 11) is 3.20. The molecular formula is C25H23FN2O4S. The van der Waals surface area contributed by atoms with E-state index in [0.29, 0.717) is 46.4 Å². The summed E-state index contributed by atoms with van der Waals surface area (Å²) in [6, 6.07) is 17.4. The van der Waals surface area contributed by atoms with Gasteiger partial charge in [0.1, 0.15) is 5.82 Å².